The zero-order valence-electron chi connectivity index (χ0n) is 11.3. The molecule has 0 aromatic heterocycles. The standard InChI is InChI=1S/C15H10FN3O2S/c16-11-5-7-12(8-6-11)20-13-3-1-2-4-14(13)21-19-10-22-18-15(19)9-17/h1-8H,10H2. The number of hydroxylamine groups is 2. The summed E-state index contributed by atoms with van der Waals surface area (Å²) in [7, 11) is 0. The van der Waals surface area contributed by atoms with Crippen LogP contribution in [0, 0.1) is 17.1 Å². The molecule has 3 rings (SSSR count). The normalized spacial score (nSPS) is 13.5. The third-order valence-electron chi connectivity index (χ3n) is 2.76. The van der Waals surface area contributed by atoms with Gasteiger partial charge in [0.25, 0.3) is 0 Å². The predicted octanol–water partition coefficient (Wildman–Crippen LogP) is 3.76. The molecule has 5 nitrogen and oxygen atoms in total. The first-order valence-electron chi connectivity index (χ1n) is 6.34. The maximum Gasteiger partial charge on any atom is 0.249 e. The summed E-state index contributed by atoms with van der Waals surface area (Å²) in [6, 6.07) is 14.7. The van der Waals surface area contributed by atoms with Crippen LogP contribution in [-0.4, -0.2) is 16.8 Å². The molecular weight excluding hydrogens is 305 g/mol. The largest absolute Gasteiger partial charge is 0.453 e. The Bertz CT molecular complexity index is 743. The minimum Gasteiger partial charge on any atom is -0.453 e. The van der Waals surface area contributed by atoms with Gasteiger partial charge in [-0.05, 0) is 36.4 Å². The molecule has 0 saturated carbocycles. The van der Waals surface area contributed by atoms with Crippen molar-refractivity contribution in [2.24, 2.45) is 4.40 Å². The number of hydrogen-bond acceptors (Lipinski definition) is 6. The smallest absolute Gasteiger partial charge is 0.249 e. The summed E-state index contributed by atoms with van der Waals surface area (Å²) in [5.41, 5.74) is 0. The average Bonchev–Trinajstić information content (AvgIpc) is 2.99. The number of rotatable bonds is 4. The van der Waals surface area contributed by atoms with E-state index in [0.29, 0.717) is 23.1 Å². The van der Waals surface area contributed by atoms with Crippen LogP contribution in [-0.2, 0) is 0 Å². The third kappa shape index (κ3) is 3.13. The topological polar surface area (TPSA) is 57.9 Å². The fraction of sp³-hybridized carbons (Fsp3) is 0.0667. The molecule has 0 fully saturated rings. The van der Waals surface area contributed by atoms with Gasteiger partial charge < -0.3 is 9.57 Å². The number of halogens is 1. The number of hydrogen-bond donors (Lipinski definition) is 0. The van der Waals surface area contributed by atoms with E-state index in [4.69, 9.17) is 14.8 Å². The van der Waals surface area contributed by atoms with Gasteiger partial charge in [-0.1, -0.05) is 12.1 Å². The van der Waals surface area contributed by atoms with Crippen molar-refractivity contribution < 1.29 is 14.0 Å². The Hall–Kier alpha value is -2.72. The summed E-state index contributed by atoms with van der Waals surface area (Å²) in [6.07, 6.45) is 0. The third-order valence-corrected chi connectivity index (χ3v) is 3.41. The van der Waals surface area contributed by atoms with Gasteiger partial charge in [-0.25, -0.2) is 4.39 Å². The van der Waals surface area contributed by atoms with Crippen molar-refractivity contribution in [3.05, 3.63) is 54.3 Å². The molecule has 22 heavy (non-hydrogen) atoms. The van der Waals surface area contributed by atoms with Crippen LogP contribution in [0.2, 0.25) is 0 Å². The van der Waals surface area contributed by atoms with E-state index in [0.717, 1.165) is 0 Å². The van der Waals surface area contributed by atoms with Gasteiger partial charge >= 0.3 is 0 Å². The van der Waals surface area contributed by atoms with E-state index < -0.39 is 0 Å². The summed E-state index contributed by atoms with van der Waals surface area (Å²) in [6.45, 7) is 0. The van der Waals surface area contributed by atoms with Gasteiger partial charge in [-0.15, -0.1) is 0 Å². The van der Waals surface area contributed by atoms with Crippen molar-refractivity contribution in [1.29, 1.82) is 5.26 Å². The Kier molecular flexibility index (Phi) is 4.12. The van der Waals surface area contributed by atoms with E-state index in [1.54, 1.807) is 24.3 Å². The van der Waals surface area contributed by atoms with Crippen LogP contribution in [0.15, 0.2) is 52.9 Å². The van der Waals surface area contributed by atoms with Gasteiger partial charge in [-0.2, -0.15) is 14.7 Å². The van der Waals surface area contributed by atoms with E-state index in [-0.39, 0.29) is 11.7 Å². The molecule has 0 atom stereocenters. The Morgan fingerprint density at radius 2 is 1.86 bits per heavy atom. The highest BCUT2D eigenvalue weighted by molar-refractivity contribution is 7.98. The summed E-state index contributed by atoms with van der Waals surface area (Å²) in [5, 5.41) is 10.3. The zero-order valence-corrected chi connectivity index (χ0v) is 12.1. The molecule has 0 bridgehead atoms. The van der Waals surface area contributed by atoms with Crippen molar-refractivity contribution >= 4 is 17.8 Å². The highest BCUT2D eigenvalue weighted by Gasteiger charge is 2.21. The molecule has 1 aliphatic rings. The van der Waals surface area contributed by atoms with Crippen LogP contribution in [0.25, 0.3) is 0 Å². The zero-order chi connectivity index (χ0) is 15.4. The second kappa shape index (κ2) is 6.37. The van der Waals surface area contributed by atoms with Gasteiger partial charge in [0.2, 0.25) is 5.84 Å². The molecule has 2 aromatic rings. The molecule has 0 amide bonds. The van der Waals surface area contributed by atoms with Gasteiger partial charge in [-0.3, -0.25) is 0 Å². The quantitative estimate of drug-likeness (QED) is 0.804. The maximum absolute atomic E-state index is 12.9. The molecule has 0 unspecified atom stereocenters. The lowest BCUT2D eigenvalue weighted by molar-refractivity contribution is 0.0423. The number of nitrogens with zero attached hydrogens (tertiary/aromatic N) is 3. The van der Waals surface area contributed by atoms with Gasteiger partial charge in [0.05, 0.1) is 0 Å². The van der Waals surface area contributed by atoms with E-state index in [1.165, 1.54) is 41.3 Å². The number of ether oxygens (including phenoxy) is 1. The number of para-hydroxylation sites is 2. The molecule has 2 aromatic carbocycles. The van der Waals surface area contributed by atoms with E-state index in [9.17, 15) is 4.39 Å². The summed E-state index contributed by atoms with van der Waals surface area (Å²) in [4.78, 5) is 5.67. The van der Waals surface area contributed by atoms with E-state index >= 15 is 0 Å². The highest BCUT2D eigenvalue weighted by Crippen LogP contribution is 2.33. The first-order valence-corrected chi connectivity index (χ1v) is 7.28. The number of nitriles is 1. The van der Waals surface area contributed by atoms with Gasteiger partial charge in [0.1, 0.15) is 23.5 Å². The predicted molar refractivity (Wildman–Crippen MR) is 80.9 cm³/mol. The molecule has 1 heterocycles. The maximum atomic E-state index is 12.9. The van der Waals surface area contributed by atoms with Crippen LogP contribution in [0.1, 0.15) is 0 Å². The minimum absolute atomic E-state index is 0.196. The van der Waals surface area contributed by atoms with E-state index in [1.807, 2.05) is 6.07 Å². The Morgan fingerprint density at radius 3 is 2.59 bits per heavy atom. The van der Waals surface area contributed by atoms with Crippen molar-refractivity contribution in [3.63, 3.8) is 0 Å². The van der Waals surface area contributed by atoms with Gasteiger partial charge in [0.15, 0.2) is 11.5 Å². The SMILES string of the molecule is N#CC1=NSCN1Oc1ccccc1Oc1ccc(F)cc1. The number of amidine groups is 1. The van der Waals surface area contributed by atoms with Crippen molar-refractivity contribution in [2.75, 3.05) is 5.88 Å². The molecule has 0 N–H and O–H groups in total. The van der Waals surface area contributed by atoms with Crippen LogP contribution in [0.3, 0.4) is 0 Å². The second-order valence-corrected chi connectivity index (χ2v) is 4.96. The average molecular weight is 315 g/mol. The molecule has 7 heteroatoms. The highest BCUT2D eigenvalue weighted by atomic mass is 32.2. The molecule has 0 saturated heterocycles. The van der Waals surface area contributed by atoms with Crippen LogP contribution < -0.4 is 9.57 Å². The van der Waals surface area contributed by atoms with Crippen LogP contribution >= 0.6 is 11.9 Å². The lowest BCUT2D eigenvalue weighted by atomic mass is 10.3. The monoisotopic (exact) mass is 315 g/mol. The first kappa shape index (κ1) is 14.2. The molecule has 0 radical (unpaired) electrons. The Morgan fingerprint density at radius 1 is 1.14 bits per heavy atom. The molecule has 1 aliphatic heterocycles. The second-order valence-electron chi connectivity index (χ2n) is 4.26. The molecular formula is C15H10FN3O2S. The molecule has 110 valence electrons. The lowest BCUT2D eigenvalue weighted by Crippen LogP contribution is -2.29. The van der Waals surface area contributed by atoms with Gasteiger partial charge in [0, 0.05) is 11.9 Å². The minimum atomic E-state index is -0.333. The van der Waals surface area contributed by atoms with E-state index in [2.05, 4.69) is 4.40 Å². The summed E-state index contributed by atoms with van der Waals surface area (Å²) < 4.78 is 22.6. The summed E-state index contributed by atoms with van der Waals surface area (Å²) >= 11 is 1.23. The first-order chi connectivity index (χ1) is 10.8. The fourth-order valence-electron chi connectivity index (χ4n) is 1.75. The molecule has 0 spiro atoms. The molecule has 0 aliphatic carbocycles. The van der Waals surface area contributed by atoms with Crippen LogP contribution in [0.4, 0.5) is 4.39 Å². The Labute approximate surface area is 130 Å². The lowest BCUT2D eigenvalue weighted by Gasteiger charge is -2.18. The fourth-order valence-corrected chi connectivity index (χ4v) is 2.34. The van der Waals surface area contributed by atoms with Crippen molar-refractivity contribution in [1.82, 2.24) is 5.06 Å². The summed E-state index contributed by atoms with van der Waals surface area (Å²) in [5.74, 6) is 1.68. The Balaban J connectivity index is 1.80. The van der Waals surface area contributed by atoms with Crippen molar-refractivity contribution in [3.8, 4) is 23.3 Å². The number of benzene rings is 2. The van der Waals surface area contributed by atoms with Crippen LogP contribution in [0.5, 0.6) is 17.2 Å². The van der Waals surface area contributed by atoms with Crippen molar-refractivity contribution in [2.45, 2.75) is 0 Å².